The summed E-state index contributed by atoms with van der Waals surface area (Å²) >= 11 is 0. The molecule has 1 aliphatic rings. The van der Waals surface area contributed by atoms with Crippen molar-refractivity contribution in [2.24, 2.45) is 5.92 Å². The number of nitrogen functional groups attached to an aromatic ring is 2. The zero-order valence-corrected chi connectivity index (χ0v) is 14.6. The van der Waals surface area contributed by atoms with E-state index in [1.54, 1.807) is 10.7 Å². The summed E-state index contributed by atoms with van der Waals surface area (Å²) in [5.41, 5.74) is 14.1. The number of fused-ring (bicyclic) bond motifs is 1. The first-order chi connectivity index (χ1) is 12.6. The smallest absolute Gasteiger partial charge is 0.240 e. The van der Waals surface area contributed by atoms with E-state index in [4.69, 9.17) is 20.9 Å². The van der Waals surface area contributed by atoms with Crippen LogP contribution < -0.4 is 11.5 Å². The summed E-state index contributed by atoms with van der Waals surface area (Å²) in [4.78, 5) is 8.24. The quantitative estimate of drug-likeness (QED) is 0.720. The SMILES string of the molecule is C[C@H]1C[C@H](c2cnc3c(N)nc(N)nn23)O[C@@H]1COCc1ccccc1. The molecule has 0 saturated carbocycles. The molecule has 136 valence electrons. The van der Waals surface area contributed by atoms with Gasteiger partial charge in [0, 0.05) is 0 Å². The first-order valence-corrected chi connectivity index (χ1v) is 8.65. The van der Waals surface area contributed by atoms with E-state index in [2.05, 4.69) is 34.1 Å². The van der Waals surface area contributed by atoms with Gasteiger partial charge in [0.25, 0.3) is 0 Å². The number of anilines is 2. The number of aromatic nitrogens is 4. The number of rotatable bonds is 5. The van der Waals surface area contributed by atoms with Crippen LogP contribution in [0.25, 0.3) is 5.65 Å². The van der Waals surface area contributed by atoms with E-state index < -0.39 is 0 Å². The van der Waals surface area contributed by atoms with Gasteiger partial charge in [-0.1, -0.05) is 37.3 Å². The first kappa shape index (κ1) is 16.7. The number of imidazole rings is 1. The van der Waals surface area contributed by atoms with E-state index >= 15 is 0 Å². The maximum Gasteiger partial charge on any atom is 0.240 e. The number of benzene rings is 1. The zero-order chi connectivity index (χ0) is 18.1. The molecule has 3 heterocycles. The van der Waals surface area contributed by atoms with Gasteiger partial charge in [0.15, 0.2) is 11.5 Å². The molecule has 4 N–H and O–H groups in total. The minimum Gasteiger partial charge on any atom is -0.380 e. The average molecular weight is 354 g/mol. The second-order valence-corrected chi connectivity index (χ2v) is 6.65. The zero-order valence-electron chi connectivity index (χ0n) is 14.6. The lowest BCUT2D eigenvalue weighted by atomic mass is 10.0. The fourth-order valence-electron chi connectivity index (χ4n) is 3.31. The second-order valence-electron chi connectivity index (χ2n) is 6.65. The van der Waals surface area contributed by atoms with E-state index in [0.29, 0.717) is 24.8 Å². The fourth-order valence-corrected chi connectivity index (χ4v) is 3.31. The summed E-state index contributed by atoms with van der Waals surface area (Å²) in [5.74, 6) is 0.735. The normalized spacial score (nSPS) is 22.9. The lowest BCUT2D eigenvalue weighted by Gasteiger charge is -2.16. The number of ether oxygens (including phenoxy) is 2. The van der Waals surface area contributed by atoms with Gasteiger partial charge >= 0.3 is 0 Å². The highest BCUT2D eigenvalue weighted by molar-refractivity contribution is 5.60. The van der Waals surface area contributed by atoms with Gasteiger partial charge in [-0.3, -0.25) is 0 Å². The summed E-state index contributed by atoms with van der Waals surface area (Å²) in [7, 11) is 0. The van der Waals surface area contributed by atoms with E-state index in [9.17, 15) is 0 Å². The summed E-state index contributed by atoms with van der Waals surface area (Å²) in [5, 5.41) is 4.22. The van der Waals surface area contributed by atoms with Crippen molar-refractivity contribution >= 4 is 17.4 Å². The van der Waals surface area contributed by atoms with Crippen LogP contribution in [0.15, 0.2) is 36.5 Å². The number of hydrogen-bond donors (Lipinski definition) is 2. The monoisotopic (exact) mass is 354 g/mol. The molecular formula is C18H22N6O2. The highest BCUT2D eigenvalue weighted by Crippen LogP contribution is 2.37. The lowest BCUT2D eigenvalue weighted by molar-refractivity contribution is -0.0313. The van der Waals surface area contributed by atoms with E-state index in [1.807, 2.05) is 18.2 Å². The van der Waals surface area contributed by atoms with Gasteiger partial charge in [-0.05, 0) is 17.9 Å². The lowest BCUT2D eigenvalue weighted by Crippen LogP contribution is -2.20. The van der Waals surface area contributed by atoms with Gasteiger partial charge in [0.2, 0.25) is 5.95 Å². The third-order valence-electron chi connectivity index (χ3n) is 4.71. The van der Waals surface area contributed by atoms with Crippen LogP contribution in [-0.4, -0.2) is 32.3 Å². The molecule has 1 fully saturated rings. The minimum absolute atomic E-state index is 0.0193. The van der Waals surface area contributed by atoms with Crippen molar-refractivity contribution in [2.75, 3.05) is 18.1 Å². The molecule has 0 radical (unpaired) electrons. The molecule has 0 amide bonds. The number of nitrogens with two attached hydrogens (primary N) is 2. The number of nitrogens with zero attached hydrogens (tertiary/aromatic N) is 4. The third-order valence-corrected chi connectivity index (χ3v) is 4.71. The molecule has 1 aliphatic heterocycles. The maximum atomic E-state index is 6.22. The predicted molar refractivity (Wildman–Crippen MR) is 97.1 cm³/mol. The van der Waals surface area contributed by atoms with Gasteiger partial charge in [-0.15, -0.1) is 5.10 Å². The van der Waals surface area contributed by atoms with Gasteiger partial charge in [0.05, 0.1) is 31.2 Å². The standard InChI is InChI=1S/C18H22N6O2/c1-11-7-14(13-8-21-17-16(19)22-18(20)23-24(13)17)26-15(11)10-25-9-12-5-3-2-4-6-12/h2-6,8,11,14-15H,7,9-10H2,1H3,(H4,19,20,22,23)/t11-,14+,15+/m0/s1. The highest BCUT2D eigenvalue weighted by Gasteiger charge is 2.35. The van der Waals surface area contributed by atoms with E-state index in [1.165, 1.54) is 0 Å². The Labute approximate surface area is 151 Å². The summed E-state index contributed by atoms with van der Waals surface area (Å²) in [6.07, 6.45) is 2.48. The molecule has 8 nitrogen and oxygen atoms in total. The molecule has 1 aromatic carbocycles. The van der Waals surface area contributed by atoms with Crippen LogP contribution in [0.3, 0.4) is 0 Å². The van der Waals surface area contributed by atoms with Crippen LogP contribution in [0, 0.1) is 5.92 Å². The molecule has 0 spiro atoms. The van der Waals surface area contributed by atoms with Crippen molar-refractivity contribution in [3.63, 3.8) is 0 Å². The fraction of sp³-hybridized carbons (Fsp3) is 0.389. The molecule has 0 aliphatic carbocycles. The predicted octanol–water partition coefficient (Wildman–Crippen LogP) is 1.97. The highest BCUT2D eigenvalue weighted by atomic mass is 16.5. The molecule has 0 unspecified atom stereocenters. The van der Waals surface area contributed by atoms with Crippen molar-refractivity contribution in [3.05, 3.63) is 47.8 Å². The van der Waals surface area contributed by atoms with Crippen LogP contribution in [-0.2, 0) is 16.1 Å². The Balaban J connectivity index is 1.44. The molecule has 3 aromatic rings. The Kier molecular flexibility index (Phi) is 4.44. The Morgan fingerprint density at radius 2 is 2.08 bits per heavy atom. The van der Waals surface area contributed by atoms with Crippen molar-refractivity contribution in [1.29, 1.82) is 0 Å². The molecule has 2 aromatic heterocycles. The molecule has 1 saturated heterocycles. The van der Waals surface area contributed by atoms with E-state index in [0.717, 1.165) is 17.7 Å². The van der Waals surface area contributed by atoms with Gasteiger partial charge in [-0.25, -0.2) is 9.50 Å². The molecule has 3 atom stereocenters. The van der Waals surface area contributed by atoms with Crippen LogP contribution in [0.1, 0.15) is 30.7 Å². The topological polar surface area (TPSA) is 114 Å². The summed E-state index contributed by atoms with van der Waals surface area (Å²) < 4.78 is 13.7. The third kappa shape index (κ3) is 3.21. The van der Waals surface area contributed by atoms with Crippen LogP contribution in [0.4, 0.5) is 11.8 Å². The molecular weight excluding hydrogens is 332 g/mol. The minimum atomic E-state index is -0.126. The largest absolute Gasteiger partial charge is 0.380 e. The first-order valence-electron chi connectivity index (χ1n) is 8.65. The Morgan fingerprint density at radius 1 is 1.27 bits per heavy atom. The van der Waals surface area contributed by atoms with Crippen LogP contribution >= 0.6 is 0 Å². The van der Waals surface area contributed by atoms with E-state index in [-0.39, 0.29) is 24.0 Å². The van der Waals surface area contributed by atoms with Crippen LogP contribution in [0.5, 0.6) is 0 Å². The van der Waals surface area contributed by atoms with Crippen molar-refractivity contribution < 1.29 is 9.47 Å². The average Bonchev–Trinajstić information content (AvgIpc) is 3.20. The maximum absolute atomic E-state index is 6.22. The van der Waals surface area contributed by atoms with Crippen molar-refractivity contribution in [2.45, 2.75) is 32.2 Å². The van der Waals surface area contributed by atoms with Crippen LogP contribution in [0.2, 0.25) is 0 Å². The molecule has 4 rings (SSSR count). The Hall–Kier alpha value is -2.71. The molecule has 0 bridgehead atoms. The number of hydrogen-bond acceptors (Lipinski definition) is 7. The van der Waals surface area contributed by atoms with Gasteiger partial charge < -0.3 is 20.9 Å². The van der Waals surface area contributed by atoms with Gasteiger partial charge in [0.1, 0.15) is 6.10 Å². The van der Waals surface area contributed by atoms with Crippen molar-refractivity contribution in [1.82, 2.24) is 19.6 Å². The molecule has 26 heavy (non-hydrogen) atoms. The summed E-state index contributed by atoms with van der Waals surface area (Å²) in [6, 6.07) is 10.1. The van der Waals surface area contributed by atoms with Crippen molar-refractivity contribution in [3.8, 4) is 0 Å². The Bertz CT molecular complexity index is 897. The van der Waals surface area contributed by atoms with Gasteiger partial charge in [-0.2, -0.15) is 4.98 Å². The second kappa shape index (κ2) is 6.89. The Morgan fingerprint density at radius 3 is 2.88 bits per heavy atom. The molecule has 8 heteroatoms. The summed E-state index contributed by atoms with van der Waals surface area (Å²) in [6.45, 7) is 3.29.